The van der Waals surface area contributed by atoms with Gasteiger partial charge in [0.2, 0.25) is 0 Å². The molecular formula is C22H20Cl2N4O2S. The van der Waals surface area contributed by atoms with E-state index in [2.05, 4.69) is 10.1 Å². The predicted molar refractivity (Wildman–Crippen MR) is 127 cm³/mol. The fraction of sp³-hybridized carbons (Fsp3) is 0.227. The third-order valence-corrected chi connectivity index (χ3v) is 6.40. The van der Waals surface area contributed by atoms with Gasteiger partial charge in [-0.2, -0.15) is 0 Å². The monoisotopic (exact) mass is 474 g/mol. The SMILES string of the molecule is Cc1onc(-c2ccccc2Cl)c1C(=O)N(CCN(C)C)c1nc2ccc(Cl)cc2s1. The smallest absolute Gasteiger partial charge is 0.266 e. The lowest BCUT2D eigenvalue weighted by molar-refractivity contribution is 0.0984. The van der Waals surface area contributed by atoms with Crippen LogP contribution >= 0.6 is 34.5 Å². The minimum Gasteiger partial charge on any atom is -0.360 e. The molecule has 160 valence electrons. The summed E-state index contributed by atoms with van der Waals surface area (Å²) in [6, 6.07) is 12.8. The second kappa shape index (κ2) is 8.96. The molecule has 0 saturated heterocycles. The van der Waals surface area contributed by atoms with Crippen molar-refractivity contribution in [3.63, 3.8) is 0 Å². The van der Waals surface area contributed by atoms with Crippen LogP contribution in [-0.2, 0) is 0 Å². The largest absolute Gasteiger partial charge is 0.360 e. The highest BCUT2D eigenvalue weighted by molar-refractivity contribution is 7.22. The third-order valence-electron chi connectivity index (χ3n) is 4.79. The Bertz CT molecular complexity index is 1250. The second-order valence-electron chi connectivity index (χ2n) is 7.31. The lowest BCUT2D eigenvalue weighted by Gasteiger charge is -2.22. The van der Waals surface area contributed by atoms with Crippen LogP contribution in [0.25, 0.3) is 21.5 Å². The molecule has 2 heterocycles. The molecule has 0 aliphatic heterocycles. The number of nitrogens with zero attached hydrogens (tertiary/aromatic N) is 4. The van der Waals surface area contributed by atoms with Crippen LogP contribution in [0.3, 0.4) is 0 Å². The minimum absolute atomic E-state index is 0.235. The normalized spacial score (nSPS) is 11.4. The van der Waals surface area contributed by atoms with Crippen molar-refractivity contribution in [1.82, 2.24) is 15.0 Å². The molecule has 0 radical (unpaired) electrons. The van der Waals surface area contributed by atoms with Crippen molar-refractivity contribution in [3.8, 4) is 11.3 Å². The quantitative estimate of drug-likeness (QED) is 0.354. The molecule has 0 atom stereocenters. The fourth-order valence-electron chi connectivity index (χ4n) is 3.18. The summed E-state index contributed by atoms with van der Waals surface area (Å²) in [5, 5.41) is 5.86. The van der Waals surface area contributed by atoms with Gasteiger partial charge >= 0.3 is 0 Å². The predicted octanol–water partition coefficient (Wildman–Crippen LogP) is 5.77. The number of carbonyl (C=O) groups is 1. The van der Waals surface area contributed by atoms with Crippen molar-refractivity contribution >= 4 is 55.8 Å². The van der Waals surface area contributed by atoms with Crippen molar-refractivity contribution in [2.45, 2.75) is 6.92 Å². The Morgan fingerprint density at radius 3 is 2.65 bits per heavy atom. The van der Waals surface area contributed by atoms with Crippen LogP contribution in [0.5, 0.6) is 0 Å². The summed E-state index contributed by atoms with van der Waals surface area (Å²) in [5.74, 6) is 0.194. The molecule has 0 spiro atoms. The first kappa shape index (κ1) is 21.8. The van der Waals surface area contributed by atoms with Gasteiger partial charge in [-0.25, -0.2) is 4.98 Å². The molecule has 0 saturated carbocycles. The lowest BCUT2D eigenvalue weighted by Crippen LogP contribution is -2.37. The second-order valence-corrected chi connectivity index (χ2v) is 9.16. The Kier molecular flexibility index (Phi) is 6.29. The number of thiazole rings is 1. The summed E-state index contributed by atoms with van der Waals surface area (Å²) in [7, 11) is 3.92. The van der Waals surface area contributed by atoms with E-state index in [0.717, 1.165) is 10.2 Å². The summed E-state index contributed by atoms with van der Waals surface area (Å²) in [6.07, 6.45) is 0. The number of aryl methyl sites for hydroxylation is 1. The first-order valence-electron chi connectivity index (χ1n) is 9.59. The van der Waals surface area contributed by atoms with Gasteiger partial charge in [0.1, 0.15) is 17.0 Å². The van der Waals surface area contributed by atoms with Crippen LogP contribution < -0.4 is 4.90 Å². The van der Waals surface area contributed by atoms with Crippen molar-refractivity contribution in [3.05, 3.63) is 63.8 Å². The summed E-state index contributed by atoms with van der Waals surface area (Å²) in [6.45, 7) is 2.84. The number of carbonyl (C=O) groups excluding carboxylic acids is 1. The molecule has 0 aliphatic rings. The first-order chi connectivity index (χ1) is 14.8. The molecule has 6 nitrogen and oxygen atoms in total. The van der Waals surface area contributed by atoms with Crippen LogP contribution in [0.2, 0.25) is 10.0 Å². The Labute approximate surface area is 194 Å². The number of aromatic nitrogens is 2. The maximum atomic E-state index is 13.8. The number of hydrogen-bond acceptors (Lipinski definition) is 6. The molecule has 2 aromatic carbocycles. The number of hydrogen-bond donors (Lipinski definition) is 0. The Balaban J connectivity index is 1.80. The Morgan fingerprint density at radius 2 is 1.90 bits per heavy atom. The van der Waals surface area contributed by atoms with Gasteiger partial charge in [0.25, 0.3) is 5.91 Å². The average Bonchev–Trinajstić information content (AvgIpc) is 3.31. The number of benzene rings is 2. The molecule has 2 aromatic heterocycles. The van der Waals surface area contributed by atoms with Crippen LogP contribution in [0.15, 0.2) is 47.0 Å². The zero-order valence-electron chi connectivity index (χ0n) is 17.2. The maximum absolute atomic E-state index is 13.8. The fourth-order valence-corrected chi connectivity index (χ4v) is 4.67. The van der Waals surface area contributed by atoms with Crippen molar-refractivity contribution < 1.29 is 9.32 Å². The summed E-state index contributed by atoms with van der Waals surface area (Å²) >= 11 is 13.9. The molecule has 0 bridgehead atoms. The molecule has 4 aromatic rings. The molecule has 0 aliphatic carbocycles. The van der Waals surface area contributed by atoms with E-state index < -0.39 is 0 Å². The average molecular weight is 475 g/mol. The highest BCUT2D eigenvalue weighted by atomic mass is 35.5. The molecule has 31 heavy (non-hydrogen) atoms. The highest BCUT2D eigenvalue weighted by Crippen LogP contribution is 2.35. The van der Waals surface area contributed by atoms with Gasteiger partial charge in [-0.1, -0.05) is 57.9 Å². The van der Waals surface area contributed by atoms with E-state index in [1.54, 1.807) is 24.0 Å². The lowest BCUT2D eigenvalue weighted by atomic mass is 10.1. The number of rotatable bonds is 6. The number of amides is 1. The first-order valence-corrected chi connectivity index (χ1v) is 11.2. The molecule has 0 unspecified atom stereocenters. The van der Waals surface area contributed by atoms with Gasteiger partial charge < -0.3 is 9.42 Å². The minimum atomic E-state index is -0.235. The van der Waals surface area contributed by atoms with E-state index in [0.29, 0.717) is 50.8 Å². The topological polar surface area (TPSA) is 62.5 Å². The molecule has 0 fully saturated rings. The van der Waals surface area contributed by atoms with Crippen molar-refractivity contribution in [2.75, 3.05) is 32.1 Å². The summed E-state index contributed by atoms with van der Waals surface area (Å²) in [4.78, 5) is 22.2. The third kappa shape index (κ3) is 4.45. The molecule has 0 N–H and O–H groups in total. The van der Waals surface area contributed by atoms with Crippen molar-refractivity contribution in [2.24, 2.45) is 0 Å². The van der Waals surface area contributed by atoms with Gasteiger partial charge in [-0.05, 0) is 45.3 Å². The highest BCUT2D eigenvalue weighted by Gasteiger charge is 2.29. The summed E-state index contributed by atoms with van der Waals surface area (Å²) < 4.78 is 6.33. The van der Waals surface area contributed by atoms with Gasteiger partial charge in [0.05, 0.1) is 15.2 Å². The van der Waals surface area contributed by atoms with Gasteiger partial charge in [-0.15, -0.1) is 0 Å². The Morgan fingerprint density at radius 1 is 1.13 bits per heavy atom. The number of likely N-dealkylation sites (N-methyl/N-ethyl adjacent to an activating group) is 1. The van der Waals surface area contributed by atoms with Gasteiger partial charge in [-0.3, -0.25) is 9.69 Å². The number of fused-ring (bicyclic) bond motifs is 1. The van der Waals surface area contributed by atoms with E-state index in [1.807, 2.05) is 49.3 Å². The zero-order chi connectivity index (χ0) is 22.1. The van der Waals surface area contributed by atoms with Crippen LogP contribution in [-0.4, -0.2) is 48.1 Å². The van der Waals surface area contributed by atoms with E-state index in [1.165, 1.54) is 11.3 Å². The van der Waals surface area contributed by atoms with Crippen molar-refractivity contribution in [1.29, 1.82) is 0 Å². The molecule has 1 amide bonds. The molecule has 4 rings (SSSR count). The van der Waals surface area contributed by atoms with E-state index in [4.69, 9.17) is 27.7 Å². The molecular weight excluding hydrogens is 455 g/mol. The van der Waals surface area contributed by atoms with Crippen LogP contribution in [0.1, 0.15) is 16.1 Å². The van der Waals surface area contributed by atoms with Gasteiger partial charge in [0, 0.05) is 23.7 Å². The Hall–Kier alpha value is -2.45. The maximum Gasteiger partial charge on any atom is 0.266 e. The standard InChI is InChI=1S/C22H20Cl2N4O2S/c1-13-19(20(26-30-13)15-6-4-5-7-16(15)24)21(29)28(11-10-27(2)3)22-25-17-9-8-14(23)12-18(17)31-22/h4-9,12H,10-11H2,1-3H3. The van der Waals surface area contributed by atoms with E-state index in [-0.39, 0.29) is 5.91 Å². The summed E-state index contributed by atoms with van der Waals surface area (Å²) in [5.41, 5.74) is 2.24. The van der Waals surface area contributed by atoms with E-state index >= 15 is 0 Å². The number of halogens is 2. The zero-order valence-corrected chi connectivity index (χ0v) is 19.6. The van der Waals surface area contributed by atoms with Gasteiger partial charge in [0.15, 0.2) is 5.13 Å². The number of anilines is 1. The van der Waals surface area contributed by atoms with Crippen LogP contribution in [0.4, 0.5) is 5.13 Å². The van der Waals surface area contributed by atoms with Crippen LogP contribution in [0, 0.1) is 6.92 Å². The van der Waals surface area contributed by atoms with E-state index in [9.17, 15) is 4.79 Å². The molecule has 9 heteroatoms.